The average molecular weight is 214 g/mol. The smallest absolute Gasteiger partial charge is 0.227 e. The number of aliphatic hydroxyl groups excluding tert-OH is 1. The third kappa shape index (κ3) is 3.18. The molecule has 0 aromatic rings. The molecule has 1 amide bonds. The average Bonchev–Trinajstić information content (AvgIpc) is 2.63. The van der Waals surface area contributed by atoms with Gasteiger partial charge in [0, 0.05) is 19.1 Å². The highest BCUT2D eigenvalue weighted by atomic mass is 16.3. The van der Waals surface area contributed by atoms with Crippen molar-refractivity contribution in [2.75, 3.05) is 26.2 Å². The normalized spacial score (nSPS) is 25.5. The van der Waals surface area contributed by atoms with Crippen LogP contribution >= 0.6 is 0 Å². The monoisotopic (exact) mass is 214 g/mol. The Balaban J connectivity index is 2.54. The van der Waals surface area contributed by atoms with E-state index in [1.807, 2.05) is 6.92 Å². The Morgan fingerprint density at radius 1 is 1.53 bits per heavy atom. The van der Waals surface area contributed by atoms with Crippen molar-refractivity contribution in [1.82, 2.24) is 10.2 Å². The number of hydrogen-bond acceptors (Lipinski definition) is 3. The zero-order valence-electron chi connectivity index (χ0n) is 9.70. The molecule has 1 aliphatic heterocycles. The molecule has 4 nitrogen and oxygen atoms in total. The minimum atomic E-state index is 0.0558. The first-order valence-corrected chi connectivity index (χ1v) is 5.83. The minimum absolute atomic E-state index is 0.0558. The predicted octanol–water partition coefficient (Wildman–Crippen LogP) is 0.215. The van der Waals surface area contributed by atoms with Gasteiger partial charge in [0.15, 0.2) is 0 Å². The van der Waals surface area contributed by atoms with Crippen LogP contribution in [0.1, 0.15) is 26.7 Å². The summed E-state index contributed by atoms with van der Waals surface area (Å²) in [7, 11) is 0. The maximum atomic E-state index is 12.1. The lowest BCUT2D eigenvalue weighted by Gasteiger charge is -2.26. The maximum absolute atomic E-state index is 12.1. The first-order valence-electron chi connectivity index (χ1n) is 5.83. The number of nitrogens with zero attached hydrogens (tertiary/aromatic N) is 1. The van der Waals surface area contributed by atoms with Crippen molar-refractivity contribution < 1.29 is 9.90 Å². The Labute approximate surface area is 91.6 Å². The van der Waals surface area contributed by atoms with Crippen LogP contribution in [0.4, 0.5) is 0 Å². The van der Waals surface area contributed by atoms with E-state index in [-0.39, 0.29) is 24.5 Å². The number of carbonyl (C=O) groups is 1. The van der Waals surface area contributed by atoms with Crippen molar-refractivity contribution >= 4 is 5.91 Å². The van der Waals surface area contributed by atoms with Crippen molar-refractivity contribution in [3.05, 3.63) is 0 Å². The summed E-state index contributed by atoms with van der Waals surface area (Å²) in [5.41, 5.74) is 0. The highest BCUT2D eigenvalue weighted by Gasteiger charge is 2.31. The van der Waals surface area contributed by atoms with Gasteiger partial charge in [-0.25, -0.2) is 0 Å². The Morgan fingerprint density at radius 3 is 2.73 bits per heavy atom. The predicted molar refractivity (Wildman–Crippen MR) is 59.5 cm³/mol. The standard InChI is InChI=1S/C11H22N2O2/c1-3-6-13(7-8-14)11(15)10-4-5-12-9(10)2/h9-10,12,14H,3-8H2,1-2H3. The topological polar surface area (TPSA) is 52.6 Å². The first kappa shape index (κ1) is 12.5. The van der Waals surface area contributed by atoms with E-state index in [1.54, 1.807) is 4.90 Å². The van der Waals surface area contributed by atoms with Crippen LogP contribution in [0.15, 0.2) is 0 Å². The van der Waals surface area contributed by atoms with Crippen LogP contribution < -0.4 is 5.32 Å². The number of hydrogen-bond donors (Lipinski definition) is 2. The van der Waals surface area contributed by atoms with Gasteiger partial charge in [-0.3, -0.25) is 4.79 Å². The molecule has 2 N–H and O–H groups in total. The summed E-state index contributed by atoms with van der Waals surface area (Å²) in [6.45, 7) is 6.31. The van der Waals surface area contributed by atoms with Crippen molar-refractivity contribution in [1.29, 1.82) is 0 Å². The molecule has 0 aliphatic carbocycles. The fourth-order valence-corrected chi connectivity index (χ4v) is 2.15. The molecule has 0 aromatic carbocycles. The van der Waals surface area contributed by atoms with E-state index in [9.17, 15) is 4.79 Å². The Morgan fingerprint density at radius 2 is 2.27 bits per heavy atom. The van der Waals surface area contributed by atoms with Crippen LogP contribution in [-0.4, -0.2) is 48.2 Å². The van der Waals surface area contributed by atoms with Crippen LogP contribution in [0.25, 0.3) is 0 Å². The van der Waals surface area contributed by atoms with E-state index in [0.717, 1.165) is 25.9 Å². The second-order valence-corrected chi connectivity index (χ2v) is 4.19. The summed E-state index contributed by atoms with van der Waals surface area (Å²) in [6.07, 6.45) is 1.87. The van der Waals surface area contributed by atoms with E-state index >= 15 is 0 Å². The number of nitrogens with one attached hydrogen (secondary N) is 1. The van der Waals surface area contributed by atoms with Gasteiger partial charge < -0.3 is 15.3 Å². The molecule has 2 unspecified atom stereocenters. The summed E-state index contributed by atoms with van der Waals surface area (Å²) in [6, 6.07) is 0.274. The van der Waals surface area contributed by atoms with Gasteiger partial charge in [-0.05, 0) is 26.3 Å². The molecule has 2 atom stereocenters. The molecule has 0 aromatic heterocycles. The Kier molecular flexibility index (Phi) is 5.05. The van der Waals surface area contributed by atoms with E-state index in [4.69, 9.17) is 5.11 Å². The van der Waals surface area contributed by atoms with Crippen molar-refractivity contribution in [3.63, 3.8) is 0 Å². The molecule has 1 heterocycles. The van der Waals surface area contributed by atoms with E-state index in [1.165, 1.54) is 0 Å². The summed E-state index contributed by atoms with van der Waals surface area (Å²) < 4.78 is 0. The lowest BCUT2D eigenvalue weighted by Crippen LogP contribution is -2.42. The molecule has 1 aliphatic rings. The Hall–Kier alpha value is -0.610. The quantitative estimate of drug-likeness (QED) is 0.688. The van der Waals surface area contributed by atoms with Crippen LogP contribution in [0, 0.1) is 5.92 Å². The zero-order chi connectivity index (χ0) is 11.3. The SMILES string of the molecule is CCCN(CCO)C(=O)C1CCNC1C. The van der Waals surface area contributed by atoms with Gasteiger partial charge in [0.25, 0.3) is 0 Å². The van der Waals surface area contributed by atoms with Crippen LogP contribution in [0.2, 0.25) is 0 Å². The highest BCUT2D eigenvalue weighted by molar-refractivity contribution is 5.79. The van der Waals surface area contributed by atoms with E-state index in [2.05, 4.69) is 12.2 Å². The summed E-state index contributed by atoms with van der Waals surface area (Å²) in [5.74, 6) is 0.298. The van der Waals surface area contributed by atoms with Crippen molar-refractivity contribution in [2.24, 2.45) is 5.92 Å². The summed E-state index contributed by atoms with van der Waals surface area (Å²) in [4.78, 5) is 13.9. The molecular formula is C11H22N2O2. The Bertz CT molecular complexity index is 203. The lowest BCUT2D eigenvalue weighted by molar-refractivity contribution is -0.136. The van der Waals surface area contributed by atoms with Gasteiger partial charge in [-0.15, -0.1) is 0 Å². The highest BCUT2D eigenvalue weighted by Crippen LogP contribution is 2.18. The molecular weight excluding hydrogens is 192 g/mol. The fraction of sp³-hybridized carbons (Fsp3) is 0.909. The van der Waals surface area contributed by atoms with Crippen LogP contribution in [0.5, 0.6) is 0 Å². The van der Waals surface area contributed by atoms with Gasteiger partial charge in [0.05, 0.1) is 12.5 Å². The first-order chi connectivity index (χ1) is 7.20. The summed E-state index contributed by atoms with van der Waals surface area (Å²) >= 11 is 0. The third-order valence-corrected chi connectivity index (χ3v) is 3.02. The van der Waals surface area contributed by atoms with Gasteiger partial charge in [0.2, 0.25) is 5.91 Å². The summed E-state index contributed by atoms with van der Waals surface area (Å²) in [5, 5.41) is 12.2. The lowest BCUT2D eigenvalue weighted by atomic mass is 10.0. The molecule has 1 saturated heterocycles. The van der Waals surface area contributed by atoms with Crippen LogP contribution in [-0.2, 0) is 4.79 Å². The second kappa shape index (κ2) is 6.08. The molecule has 0 spiro atoms. The second-order valence-electron chi connectivity index (χ2n) is 4.19. The van der Waals surface area contributed by atoms with Crippen LogP contribution in [0.3, 0.4) is 0 Å². The van der Waals surface area contributed by atoms with Gasteiger partial charge in [-0.1, -0.05) is 6.92 Å². The molecule has 1 rings (SSSR count). The fourth-order valence-electron chi connectivity index (χ4n) is 2.15. The van der Waals surface area contributed by atoms with Crippen molar-refractivity contribution in [3.8, 4) is 0 Å². The van der Waals surface area contributed by atoms with E-state index < -0.39 is 0 Å². The molecule has 0 saturated carbocycles. The number of rotatable bonds is 5. The maximum Gasteiger partial charge on any atom is 0.227 e. The largest absolute Gasteiger partial charge is 0.395 e. The van der Waals surface area contributed by atoms with Gasteiger partial charge >= 0.3 is 0 Å². The number of aliphatic hydroxyl groups is 1. The van der Waals surface area contributed by atoms with Crippen molar-refractivity contribution in [2.45, 2.75) is 32.7 Å². The molecule has 0 bridgehead atoms. The number of carbonyl (C=O) groups excluding carboxylic acids is 1. The molecule has 4 heteroatoms. The molecule has 1 fully saturated rings. The van der Waals surface area contributed by atoms with Gasteiger partial charge in [-0.2, -0.15) is 0 Å². The third-order valence-electron chi connectivity index (χ3n) is 3.02. The molecule has 0 radical (unpaired) electrons. The molecule has 88 valence electrons. The minimum Gasteiger partial charge on any atom is -0.395 e. The van der Waals surface area contributed by atoms with Gasteiger partial charge in [0.1, 0.15) is 0 Å². The molecule has 15 heavy (non-hydrogen) atoms. The zero-order valence-corrected chi connectivity index (χ0v) is 9.70. The van der Waals surface area contributed by atoms with E-state index in [0.29, 0.717) is 6.54 Å². The number of amides is 1.